The Bertz CT molecular complexity index is 688. The SMILES string of the molecule is Cc1ccc(NC2SC(=O)N(CCN3C(=O)CCC3=O)C2=O)cc1. The van der Waals surface area contributed by atoms with Crippen molar-refractivity contribution in [3.63, 3.8) is 0 Å². The van der Waals surface area contributed by atoms with Crippen LogP contribution in [0.5, 0.6) is 0 Å². The maximum Gasteiger partial charge on any atom is 0.290 e. The molecule has 0 spiro atoms. The first kappa shape index (κ1) is 16.5. The van der Waals surface area contributed by atoms with Crippen molar-refractivity contribution >= 4 is 40.4 Å². The molecule has 1 unspecified atom stereocenters. The van der Waals surface area contributed by atoms with Gasteiger partial charge in [0.15, 0.2) is 5.37 Å². The van der Waals surface area contributed by atoms with Gasteiger partial charge in [0, 0.05) is 31.6 Å². The highest BCUT2D eigenvalue weighted by molar-refractivity contribution is 8.15. The van der Waals surface area contributed by atoms with Crippen LogP contribution >= 0.6 is 11.8 Å². The van der Waals surface area contributed by atoms with Gasteiger partial charge in [-0.25, -0.2) is 0 Å². The fourth-order valence-corrected chi connectivity index (χ4v) is 3.55. The zero-order valence-electron chi connectivity index (χ0n) is 13.2. The standard InChI is InChI=1S/C16H17N3O4S/c1-10-2-4-11(5-3-10)17-14-15(22)19(16(23)24-14)9-8-18-12(20)6-7-13(18)21/h2-5,14,17H,6-9H2,1H3. The van der Waals surface area contributed by atoms with Crippen LogP contribution in [0.3, 0.4) is 0 Å². The molecule has 0 radical (unpaired) electrons. The fraction of sp³-hybridized carbons (Fsp3) is 0.375. The van der Waals surface area contributed by atoms with Gasteiger partial charge in [-0.15, -0.1) is 0 Å². The lowest BCUT2D eigenvalue weighted by atomic mass is 10.2. The molecule has 1 aromatic rings. The summed E-state index contributed by atoms with van der Waals surface area (Å²) in [6, 6.07) is 7.52. The molecule has 126 valence electrons. The third kappa shape index (κ3) is 3.28. The third-order valence-electron chi connectivity index (χ3n) is 3.98. The minimum atomic E-state index is -0.690. The van der Waals surface area contributed by atoms with E-state index in [1.165, 1.54) is 0 Å². The minimum Gasteiger partial charge on any atom is -0.365 e. The van der Waals surface area contributed by atoms with E-state index in [-0.39, 0.29) is 48.9 Å². The third-order valence-corrected chi connectivity index (χ3v) is 4.96. The minimum absolute atomic E-state index is 0.0359. The van der Waals surface area contributed by atoms with E-state index in [0.29, 0.717) is 0 Å². The molecular formula is C16H17N3O4S. The number of anilines is 1. The van der Waals surface area contributed by atoms with E-state index in [2.05, 4.69) is 5.32 Å². The Balaban J connectivity index is 1.60. The second-order valence-electron chi connectivity index (χ2n) is 5.70. The van der Waals surface area contributed by atoms with Crippen LogP contribution in [0.1, 0.15) is 18.4 Å². The number of carbonyl (C=O) groups is 4. The molecule has 24 heavy (non-hydrogen) atoms. The second kappa shape index (κ2) is 6.64. The summed E-state index contributed by atoms with van der Waals surface area (Å²) in [5.41, 5.74) is 1.86. The van der Waals surface area contributed by atoms with Gasteiger partial charge in [0.1, 0.15) is 0 Å². The Hall–Kier alpha value is -2.35. The van der Waals surface area contributed by atoms with Gasteiger partial charge in [-0.1, -0.05) is 17.7 Å². The van der Waals surface area contributed by atoms with Crippen LogP contribution < -0.4 is 5.32 Å². The van der Waals surface area contributed by atoms with Crippen molar-refractivity contribution in [2.45, 2.75) is 25.1 Å². The number of hydrogen-bond acceptors (Lipinski definition) is 6. The summed E-state index contributed by atoms with van der Waals surface area (Å²) >= 11 is 0.903. The first-order valence-corrected chi connectivity index (χ1v) is 8.52. The lowest BCUT2D eigenvalue weighted by Crippen LogP contribution is -2.41. The van der Waals surface area contributed by atoms with Crippen LogP contribution in [0.2, 0.25) is 0 Å². The van der Waals surface area contributed by atoms with E-state index >= 15 is 0 Å². The molecular weight excluding hydrogens is 330 g/mol. The first-order valence-electron chi connectivity index (χ1n) is 7.64. The number of nitrogens with one attached hydrogen (secondary N) is 1. The van der Waals surface area contributed by atoms with Gasteiger partial charge in [0.25, 0.3) is 11.1 Å². The molecule has 2 saturated heterocycles. The zero-order chi connectivity index (χ0) is 17.3. The second-order valence-corrected chi connectivity index (χ2v) is 6.76. The lowest BCUT2D eigenvalue weighted by molar-refractivity contribution is -0.139. The van der Waals surface area contributed by atoms with E-state index in [9.17, 15) is 19.2 Å². The topological polar surface area (TPSA) is 86.8 Å². The molecule has 1 aromatic carbocycles. The van der Waals surface area contributed by atoms with E-state index < -0.39 is 5.37 Å². The van der Waals surface area contributed by atoms with Crippen molar-refractivity contribution in [2.75, 3.05) is 18.4 Å². The average molecular weight is 347 g/mol. The molecule has 8 heteroatoms. The number of rotatable bonds is 5. The lowest BCUT2D eigenvalue weighted by Gasteiger charge is -2.19. The van der Waals surface area contributed by atoms with Crippen LogP contribution in [0.4, 0.5) is 10.5 Å². The largest absolute Gasteiger partial charge is 0.365 e. The molecule has 0 aromatic heterocycles. The fourth-order valence-electron chi connectivity index (χ4n) is 2.61. The van der Waals surface area contributed by atoms with Gasteiger partial charge in [0.05, 0.1) is 0 Å². The number of nitrogens with zero attached hydrogens (tertiary/aromatic N) is 2. The molecule has 3 rings (SSSR count). The molecule has 1 N–H and O–H groups in total. The summed E-state index contributed by atoms with van der Waals surface area (Å²) in [5.74, 6) is -0.855. The van der Waals surface area contributed by atoms with Gasteiger partial charge in [-0.05, 0) is 30.8 Å². The number of benzene rings is 1. The van der Waals surface area contributed by atoms with Crippen LogP contribution in [0.25, 0.3) is 0 Å². The van der Waals surface area contributed by atoms with Gasteiger partial charge >= 0.3 is 0 Å². The predicted octanol–water partition coefficient (Wildman–Crippen LogP) is 1.58. The molecule has 4 amide bonds. The molecule has 2 fully saturated rings. The molecule has 2 aliphatic heterocycles. The number of hydrogen-bond donors (Lipinski definition) is 1. The molecule has 1 atom stereocenters. The van der Waals surface area contributed by atoms with Crippen molar-refractivity contribution in [1.82, 2.24) is 9.80 Å². The zero-order valence-corrected chi connectivity index (χ0v) is 14.0. The van der Waals surface area contributed by atoms with Crippen LogP contribution in [0, 0.1) is 6.92 Å². The molecule has 0 bridgehead atoms. The summed E-state index contributed by atoms with van der Waals surface area (Å²) in [5, 5.41) is 1.97. The molecule has 0 saturated carbocycles. The number of carbonyl (C=O) groups excluding carboxylic acids is 4. The summed E-state index contributed by atoms with van der Waals surface area (Å²) < 4.78 is 0. The quantitative estimate of drug-likeness (QED) is 0.814. The maximum atomic E-state index is 12.4. The van der Waals surface area contributed by atoms with E-state index in [1.54, 1.807) is 0 Å². The Morgan fingerprint density at radius 3 is 2.21 bits per heavy atom. The Kier molecular flexibility index (Phi) is 4.57. The number of likely N-dealkylation sites (tertiary alicyclic amines) is 1. The van der Waals surface area contributed by atoms with Crippen molar-refractivity contribution in [2.24, 2.45) is 0 Å². The summed E-state index contributed by atoms with van der Waals surface area (Å²) in [6.45, 7) is 2.06. The average Bonchev–Trinajstić information content (AvgIpc) is 3.00. The number of amides is 4. The summed E-state index contributed by atoms with van der Waals surface area (Å²) in [6.07, 6.45) is 0.403. The van der Waals surface area contributed by atoms with Crippen molar-refractivity contribution in [1.29, 1.82) is 0 Å². The van der Waals surface area contributed by atoms with E-state index in [1.807, 2.05) is 31.2 Å². The van der Waals surface area contributed by atoms with Gasteiger partial charge in [-0.2, -0.15) is 0 Å². The molecule has 7 nitrogen and oxygen atoms in total. The summed E-state index contributed by atoms with van der Waals surface area (Å²) in [7, 11) is 0. The summed E-state index contributed by atoms with van der Waals surface area (Å²) in [4.78, 5) is 49.8. The number of aryl methyl sites for hydroxylation is 1. The van der Waals surface area contributed by atoms with Crippen molar-refractivity contribution in [3.05, 3.63) is 29.8 Å². The van der Waals surface area contributed by atoms with Gasteiger partial charge < -0.3 is 5.32 Å². The first-order chi connectivity index (χ1) is 11.5. The van der Waals surface area contributed by atoms with Crippen molar-refractivity contribution < 1.29 is 19.2 Å². The number of thioether (sulfide) groups is 1. The maximum absolute atomic E-state index is 12.4. The molecule has 2 heterocycles. The normalized spacial score (nSPS) is 21.1. The predicted molar refractivity (Wildman–Crippen MR) is 89.2 cm³/mol. The smallest absolute Gasteiger partial charge is 0.290 e. The van der Waals surface area contributed by atoms with Crippen LogP contribution in [0.15, 0.2) is 24.3 Å². The van der Waals surface area contributed by atoms with Crippen molar-refractivity contribution in [3.8, 4) is 0 Å². The van der Waals surface area contributed by atoms with Gasteiger partial charge in [-0.3, -0.25) is 29.0 Å². The van der Waals surface area contributed by atoms with Gasteiger partial charge in [0.2, 0.25) is 11.8 Å². The Morgan fingerprint density at radius 2 is 1.58 bits per heavy atom. The van der Waals surface area contributed by atoms with Crippen LogP contribution in [-0.4, -0.2) is 51.2 Å². The van der Waals surface area contributed by atoms with E-state index in [0.717, 1.165) is 32.8 Å². The monoisotopic (exact) mass is 347 g/mol. The highest BCUT2D eigenvalue weighted by Crippen LogP contribution is 2.28. The van der Waals surface area contributed by atoms with E-state index in [4.69, 9.17) is 0 Å². The van der Waals surface area contributed by atoms with Crippen LogP contribution in [-0.2, 0) is 14.4 Å². The highest BCUT2D eigenvalue weighted by Gasteiger charge is 2.40. The molecule has 0 aliphatic carbocycles. The molecule has 2 aliphatic rings. The highest BCUT2D eigenvalue weighted by atomic mass is 32.2. The number of imide groups is 2. The Labute approximate surface area is 143 Å². The Morgan fingerprint density at radius 1 is 1.00 bits per heavy atom.